The Labute approximate surface area is 176 Å². The van der Waals surface area contributed by atoms with Crippen LogP contribution in [0.25, 0.3) is 0 Å². The van der Waals surface area contributed by atoms with E-state index in [0.29, 0.717) is 5.82 Å². The molecule has 0 aliphatic rings. The molecule has 1 aromatic heterocycles. The van der Waals surface area contributed by atoms with Crippen LogP contribution in [-0.4, -0.2) is 61.1 Å². The molecule has 1 rings (SSSR count). The number of aromatic nitrogens is 1. The molecular formula is C22H38N6O. The van der Waals surface area contributed by atoms with E-state index >= 15 is 0 Å². The first kappa shape index (κ1) is 24.6. The molecule has 7 heteroatoms. The van der Waals surface area contributed by atoms with Crippen molar-refractivity contribution < 1.29 is 4.79 Å². The van der Waals surface area contributed by atoms with Gasteiger partial charge in [0, 0.05) is 27.7 Å². The number of unbranched alkanes of at least 4 members (excludes halogenated alkanes) is 3. The molecular weight excluding hydrogens is 364 g/mol. The maximum absolute atomic E-state index is 12.2. The Morgan fingerprint density at radius 3 is 2.62 bits per heavy atom. The molecule has 0 bridgehead atoms. The average Bonchev–Trinajstić information content (AvgIpc) is 2.70. The van der Waals surface area contributed by atoms with Crippen LogP contribution in [0, 0.1) is 5.92 Å². The zero-order valence-corrected chi connectivity index (χ0v) is 18.8. The van der Waals surface area contributed by atoms with Crippen molar-refractivity contribution in [1.29, 1.82) is 0 Å². The van der Waals surface area contributed by atoms with Crippen molar-refractivity contribution in [2.75, 3.05) is 27.7 Å². The lowest BCUT2D eigenvalue weighted by Crippen LogP contribution is -2.23. The highest BCUT2D eigenvalue weighted by molar-refractivity contribution is 5.92. The van der Waals surface area contributed by atoms with Crippen LogP contribution in [0.4, 0.5) is 5.82 Å². The fourth-order valence-electron chi connectivity index (χ4n) is 2.83. The fraction of sp³-hybridized carbons (Fsp3) is 0.636. The number of hydrogen-bond donors (Lipinski definition) is 1. The quantitative estimate of drug-likeness (QED) is 0.218. The van der Waals surface area contributed by atoms with Gasteiger partial charge in [0.15, 0.2) is 5.82 Å². The Morgan fingerprint density at radius 2 is 1.90 bits per heavy atom. The van der Waals surface area contributed by atoms with E-state index in [4.69, 9.17) is 0 Å². The summed E-state index contributed by atoms with van der Waals surface area (Å²) in [5.41, 5.74) is 2.81. The van der Waals surface area contributed by atoms with Gasteiger partial charge in [-0.15, -0.1) is 0 Å². The molecule has 0 saturated carbocycles. The van der Waals surface area contributed by atoms with Gasteiger partial charge in [-0.25, -0.2) is 15.4 Å². The number of hydrogen-bond acceptors (Lipinski definition) is 4. The molecule has 1 N–H and O–H groups in total. The maximum Gasteiger partial charge on any atom is 0.290 e. The second-order valence-corrected chi connectivity index (χ2v) is 7.85. The normalized spacial score (nSPS) is 12.4. The van der Waals surface area contributed by atoms with Crippen LogP contribution < -0.4 is 5.43 Å². The lowest BCUT2D eigenvalue weighted by atomic mass is 9.97. The Bertz CT molecular complexity index is 644. The molecule has 0 fully saturated rings. The number of amides is 1. The van der Waals surface area contributed by atoms with Crippen molar-refractivity contribution in [2.45, 2.75) is 58.8 Å². The first-order valence-corrected chi connectivity index (χ1v) is 10.6. The summed E-state index contributed by atoms with van der Waals surface area (Å²) in [5, 5.41) is 4.03. The first-order valence-electron chi connectivity index (χ1n) is 10.6. The third-order valence-electron chi connectivity index (χ3n) is 4.57. The molecule has 1 amide bonds. The van der Waals surface area contributed by atoms with Gasteiger partial charge in [0.25, 0.3) is 5.91 Å². The molecule has 0 aromatic carbocycles. The molecule has 0 saturated heterocycles. The number of aliphatic imine (C=N–C) groups is 1. The molecule has 162 valence electrons. The van der Waals surface area contributed by atoms with Gasteiger partial charge in [-0.05, 0) is 24.5 Å². The average molecular weight is 403 g/mol. The topological polar surface area (TPSA) is 73.2 Å². The van der Waals surface area contributed by atoms with Crippen LogP contribution in [0.5, 0.6) is 0 Å². The van der Waals surface area contributed by atoms with Crippen LogP contribution in [0.2, 0.25) is 0 Å². The highest BCUT2D eigenvalue weighted by Crippen LogP contribution is 2.15. The smallest absolute Gasteiger partial charge is 0.290 e. The lowest BCUT2D eigenvalue weighted by Gasteiger charge is -2.13. The summed E-state index contributed by atoms with van der Waals surface area (Å²) < 4.78 is 0. The molecule has 1 unspecified atom stereocenters. The summed E-state index contributed by atoms with van der Waals surface area (Å²) >= 11 is 0. The summed E-state index contributed by atoms with van der Waals surface area (Å²) in [6.07, 6.45) is 12.2. The molecule has 0 radical (unpaired) electrons. The first-order chi connectivity index (χ1) is 13.9. The minimum atomic E-state index is -0.349. The largest absolute Gasteiger partial charge is 0.369 e. The van der Waals surface area contributed by atoms with Crippen molar-refractivity contribution >= 4 is 24.4 Å². The summed E-state index contributed by atoms with van der Waals surface area (Å²) in [7, 11) is 5.72. The maximum atomic E-state index is 12.2. The van der Waals surface area contributed by atoms with E-state index in [1.807, 2.05) is 30.9 Å². The van der Waals surface area contributed by atoms with Crippen molar-refractivity contribution in [3.05, 3.63) is 23.9 Å². The minimum Gasteiger partial charge on any atom is -0.369 e. The lowest BCUT2D eigenvalue weighted by molar-refractivity contribution is 0.0949. The van der Waals surface area contributed by atoms with Crippen molar-refractivity contribution in [3.8, 4) is 0 Å². The standard InChI is InChI=1S/C22H38N6O/c1-6-7-12-19(2)13-9-8-10-16-28(5)18-24-26-22(29)20-14-11-15-21(25-20)23-17-27(3)4/h11,14-15,17-19H,6-10,12-13,16H2,1-5H3,(H,26,29)/b23-17+,24-18+. The number of nitrogens with zero attached hydrogens (tertiary/aromatic N) is 5. The van der Waals surface area contributed by atoms with E-state index in [1.165, 1.54) is 38.5 Å². The summed E-state index contributed by atoms with van der Waals surface area (Å²) in [6.45, 7) is 5.53. The Morgan fingerprint density at radius 1 is 1.14 bits per heavy atom. The van der Waals surface area contributed by atoms with E-state index in [-0.39, 0.29) is 11.6 Å². The van der Waals surface area contributed by atoms with E-state index in [2.05, 4.69) is 34.4 Å². The van der Waals surface area contributed by atoms with E-state index in [9.17, 15) is 4.79 Å². The van der Waals surface area contributed by atoms with Crippen LogP contribution >= 0.6 is 0 Å². The SMILES string of the molecule is CCCCC(C)CCCCCN(C)/C=N/NC(=O)c1cccc(/N=C/N(C)C)n1. The summed E-state index contributed by atoms with van der Waals surface area (Å²) in [5.74, 6) is 0.971. The van der Waals surface area contributed by atoms with Crippen molar-refractivity contribution in [1.82, 2.24) is 20.2 Å². The van der Waals surface area contributed by atoms with Crippen LogP contribution in [-0.2, 0) is 0 Å². The van der Waals surface area contributed by atoms with Gasteiger partial charge in [0.2, 0.25) is 0 Å². The second kappa shape index (κ2) is 14.5. The highest BCUT2D eigenvalue weighted by Gasteiger charge is 2.06. The van der Waals surface area contributed by atoms with Crippen LogP contribution in [0.15, 0.2) is 28.3 Å². The molecule has 1 atom stereocenters. The molecule has 1 aromatic rings. The molecule has 0 aliphatic heterocycles. The second-order valence-electron chi connectivity index (χ2n) is 7.85. The number of pyridine rings is 1. The third kappa shape index (κ3) is 11.9. The summed E-state index contributed by atoms with van der Waals surface area (Å²) in [4.78, 5) is 24.4. The zero-order chi connectivity index (χ0) is 21.5. The van der Waals surface area contributed by atoms with Crippen LogP contribution in [0.1, 0.15) is 69.3 Å². The Balaban J connectivity index is 2.28. The summed E-state index contributed by atoms with van der Waals surface area (Å²) in [6, 6.07) is 5.15. The number of hydrazone groups is 1. The number of rotatable bonds is 14. The Hall–Kier alpha value is -2.44. The molecule has 1 heterocycles. The van der Waals surface area contributed by atoms with Crippen molar-refractivity contribution in [3.63, 3.8) is 0 Å². The van der Waals surface area contributed by atoms with Gasteiger partial charge in [-0.2, -0.15) is 5.10 Å². The van der Waals surface area contributed by atoms with Gasteiger partial charge in [-0.3, -0.25) is 4.79 Å². The van der Waals surface area contributed by atoms with Gasteiger partial charge in [0.1, 0.15) is 12.0 Å². The van der Waals surface area contributed by atoms with Gasteiger partial charge < -0.3 is 9.80 Å². The molecule has 29 heavy (non-hydrogen) atoms. The van der Waals surface area contributed by atoms with Gasteiger partial charge >= 0.3 is 0 Å². The van der Waals surface area contributed by atoms with Gasteiger partial charge in [-0.1, -0.05) is 58.4 Å². The predicted octanol–water partition coefficient (Wildman–Crippen LogP) is 4.29. The fourth-order valence-corrected chi connectivity index (χ4v) is 2.83. The monoisotopic (exact) mass is 402 g/mol. The minimum absolute atomic E-state index is 0.287. The third-order valence-corrected chi connectivity index (χ3v) is 4.57. The van der Waals surface area contributed by atoms with E-state index < -0.39 is 0 Å². The number of carbonyl (C=O) groups is 1. The molecule has 0 aliphatic carbocycles. The Kier molecular flexibility index (Phi) is 12.3. The van der Waals surface area contributed by atoms with Crippen molar-refractivity contribution in [2.24, 2.45) is 16.0 Å². The van der Waals surface area contributed by atoms with Crippen LogP contribution in [0.3, 0.4) is 0 Å². The molecule has 0 spiro atoms. The number of nitrogens with one attached hydrogen (secondary N) is 1. The van der Waals surface area contributed by atoms with E-state index in [0.717, 1.165) is 18.9 Å². The van der Waals surface area contributed by atoms with Gasteiger partial charge in [0.05, 0.1) is 6.34 Å². The predicted molar refractivity (Wildman–Crippen MR) is 122 cm³/mol. The van der Waals surface area contributed by atoms with E-state index in [1.54, 1.807) is 30.9 Å². The number of carbonyl (C=O) groups excluding carboxylic acids is 1. The molecule has 7 nitrogen and oxygen atoms in total. The highest BCUT2D eigenvalue weighted by atomic mass is 16.2. The zero-order valence-electron chi connectivity index (χ0n) is 18.8.